The zero-order valence-corrected chi connectivity index (χ0v) is 14.2. The molecule has 0 atom stereocenters. The lowest BCUT2D eigenvalue weighted by Gasteiger charge is -2.14. The second-order valence-corrected chi connectivity index (χ2v) is 6.06. The summed E-state index contributed by atoms with van der Waals surface area (Å²) in [4.78, 5) is 11.1. The number of thioether (sulfide) groups is 1. The van der Waals surface area contributed by atoms with Gasteiger partial charge in [0.15, 0.2) is 5.11 Å². The maximum absolute atomic E-state index is 11.1. The number of nitrogens with one attached hydrogen (secondary N) is 3. The maximum Gasteiger partial charge on any atom is 0.413 e. The zero-order valence-electron chi connectivity index (χ0n) is 11.8. The molecule has 0 spiro atoms. The Hall–Kier alpha value is -1.38. The number of para-hydroxylation sites is 2. The topological polar surface area (TPSA) is 62.4 Å². The lowest BCUT2D eigenvalue weighted by Crippen LogP contribution is -2.34. The van der Waals surface area contributed by atoms with E-state index in [-0.39, 0.29) is 5.11 Å². The van der Waals surface area contributed by atoms with Crippen molar-refractivity contribution < 1.29 is 9.53 Å². The standard InChI is InChI=1S/C13H17N3O2S3/c1-3-8-21-13(20)15-10-7-5-4-6-9(10)14-11(19)16-12(17)18-2/h4-7H,3,8H2,1-2H3,(H,15,20)(H2,14,16,17,19). The number of ether oxygens (including phenoxy) is 1. The van der Waals surface area contributed by atoms with E-state index in [1.807, 2.05) is 24.3 Å². The molecule has 1 aromatic carbocycles. The molecule has 3 N–H and O–H groups in total. The van der Waals surface area contributed by atoms with E-state index in [0.717, 1.165) is 23.5 Å². The Kier molecular flexibility index (Phi) is 8.03. The minimum atomic E-state index is -0.619. The largest absolute Gasteiger partial charge is 0.453 e. The van der Waals surface area contributed by atoms with Crippen LogP contribution < -0.4 is 16.0 Å². The van der Waals surface area contributed by atoms with E-state index in [4.69, 9.17) is 24.4 Å². The summed E-state index contributed by atoms with van der Waals surface area (Å²) >= 11 is 11.9. The van der Waals surface area contributed by atoms with Crippen LogP contribution in [0, 0.1) is 0 Å². The van der Waals surface area contributed by atoms with Crippen molar-refractivity contribution in [3.63, 3.8) is 0 Å². The Labute approximate surface area is 139 Å². The van der Waals surface area contributed by atoms with Gasteiger partial charge in [-0.25, -0.2) is 4.79 Å². The number of hydrogen-bond donors (Lipinski definition) is 3. The van der Waals surface area contributed by atoms with Gasteiger partial charge in [-0.05, 0) is 36.5 Å². The highest BCUT2D eigenvalue weighted by Crippen LogP contribution is 2.22. The van der Waals surface area contributed by atoms with Crippen LogP contribution in [0.1, 0.15) is 13.3 Å². The third-order valence-electron chi connectivity index (χ3n) is 2.25. The van der Waals surface area contributed by atoms with Crippen LogP contribution in [0.15, 0.2) is 24.3 Å². The number of anilines is 2. The predicted octanol–water partition coefficient (Wildman–Crippen LogP) is 3.58. The molecule has 1 amide bonds. The fourth-order valence-corrected chi connectivity index (χ4v) is 2.46. The van der Waals surface area contributed by atoms with Crippen molar-refractivity contribution in [1.82, 2.24) is 5.32 Å². The summed E-state index contributed by atoms with van der Waals surface area (Å²) in [5.41, 5.74) is 1.51. The summed E-state index contributed by atoms with van der Waals surface area (Å²) < 4.78 is 5.17. The minimum Gasteiger partial charge on any atom is -0.453 e. The molecule has 0 unspecified atom stereocenters. The van der Waals surface area contributed by atoms with E-state index in [9.17, 15) is 4.79 Å². The van der Waals surface area contributed by atoms with Crippen molar-refractivity contribution in [2.45, 2.75) is 13.3 Å². The first-order chi connectivity index (χ1) is 10.1. The maximum atomic E-state index is 11.1. The van der Waals surface area contributed by atoms with Crippen LogP contribution >= 0.6 is 36.2 Å². The highest BCUT2D eigenvalue weighted by molar-refractivity contribution is 8.23. The normalized spacial score (nSPS) is 9.62. The Morgan fingerprint density at radius 2 is 1.86 bits per heavy atom. The average Bonchev–Trinajstić information content (AvgIpc) is 2.46. The lowest BCUT2D eigenvalue weighted by atomic mass is 10.2. The second-order valence-electron chi connectivity index (χ2n) is 3.88. The fourth-order valence-electron chi connectivity index (χ4n) is 1.34. The number of benzene rings is 1. The highest BCUT2D eigenvalue weighted by atomic mass is 32.2. The van der Waals surface area contributed by atoms with Gasteiger partial charge in [-0.2, -0.15) is 0 Å². The summed E-state index contributed by atoms with van der Waals surface area (Å²) in [7, 11) is 1.27. The third kappa shape index (κ3) is 6.74. The smallest absolute Gasteiger partial charge is 0.413 e. The molecule has 0 aliphatic heterocycles. The molecule has 21 heavy (non-hydrogen) atoms. The van der Waals surface area contributed by atoms with Gasteiger partial charge < -0.3 is 15.4 Å². The summed E-state index contributed by atoms with van der Waals surface area (Å²) in [5.74, 6) is 0.962. The summed E-state index contributed by atoms with van der Waals surface area (Å²) in [6.45, 7) is 2.10. The molecule has 0 fully saturated rings. The monoisotopic (exact) mass is 343 g/mol. The number of thiocarbonyl (C=S) groups is 2. The third-order valence-corrected chi connectivity index (χ3v) is 3.89. The minimum absolute atomic E-state index is 0.156. The van der Waals surface area contributed by atoms with Crippen LogP contribution in [0.2, 0.25) is 0 Å². The van der Waals surface area contributed by atoms with Gasteiger partial charge in [0.2, 0.25) is 0 Å². The zero-order chi connectivity index (χ0) is 15.7. The Bertz CT molecular complexity index is 523. The number of carbonyl (C=O) groups excluding carboxylic acids is 1. The van der Waals surface area contributed by atoms with Gasteiger partial charge in [0, 0.05) is 0 Å². The summed E-state index contributed by atoms with van der Waals surface area (Å²) in [6, 6.07) is 7.45. The fraction of sp³-hybridized carbons (Fsp3) is 0.308. The van der Waals surface area contributed by atoms with Gasteiger partial charge in [-0.15, -0.1) is 0 Å². The summed E-state index contributed by atoms with van der Waals surface area (Å²) in [5, 5.41) is 8.61. The van der Waals surface area contributed by atoms with Crippen LogP contribution in [0.5, 0.6) is 0 Å². The van der Waals surface area contributed by atoms with Crippen molar-refractivity contribution in [1.29, 1.82) is 0 Å². The van der Waals surface area contributed by atoms with E-state index in [1.54, 1.807) is 11.8 Å². The molecule has 1 rings (SSSR count). The van der Waals surface area contributed by atoms with Crippen LogP contribution in [0.25, 0.3) is 0 Å². The lowest BCUT2D eigenvalue weighted by molar-refractivity contribution is 0.177. The summed E-state index contributed by atoms with van der Waals surface area (Å²) in [6.07, 6.45) is 0.437. The van der Waals surface area contributed by atoms with E-state index in [1.165, 1.54) is 7.11 Å². The molecule has 0 heterocycles. The number of alkyl carbamates (subject to hydrolysis) is 1. The van der Waals surface area contributed by atoms with Crippen molar-refractivity contribution in [2.24, 2.45) is 0 Å². The molecule has 0 aliphatic rings. The SMILES string of the molecule is CCCSC(=S)Nc1ccccc1NC(=S)NC(=O)OC. The van der Waals surface area contributed by atoms with E-state index < -0.39 is 6.09 Å². The number of amides is 1. The molecule has 8 heteroatoms. The first-order valence-corrected chi connectivity index (χ1v) is 8.05. The first kappa shape index (κ1) is 17.7. The van der Waals surface area contributed by atoms with Gasteiger partial charge in [-0.3, -0.25) is 5.32 Å². The second kappa shape index (κ2) is 9.54. The van der Waals surface area contributed by atoms with Gasteiger partial charge in [0.05, 0.1) is 18.5 Å². The number of carbonyl (C=O) groups is 1. The quantitative estimate of drug-likeness (QED) is 0.722. The van der Waals surface area contributed by atoms with Crippen LogP contribution in [-0.2, 0) is 4.74 Å². The first-order valence-electron chi connectivity index (χ1n) is 6.25. The van der Waals surface area contributed by atoms with Crippen molar-refractivity contribution in [2.75, 3.05) is 23.5 Å². The van der Waals surface area contributed by atoms with E-state index in [2.05, 4.69) is 27.6 Å². The predicted molar refractivity (Wildman–Crippen MR) is 97.2 cm³/mol. The number of hydrogen-bond acceptors (Lipinski definition) is 5. The molecule has 0 bridgehead atoms. The van der Waals surface area contributed by atoms with Crippen LogP contribution in [0.3, 0.4) is 0 Å². The van der Waals surface area contributed by atoms with Crippen molar-refractivity contribution >= 4 is 63.1 Å². The van der Waals surface area contributed by atoms with Gasteiger partial charge in [0.1, 0.15) is 4.32 Å². The van der Waals surface area contributed by atoms with E-state index in [0.29, 0.717) is 4.32 Å². The van der Waals surface area contributed by atoms with Crippen LogP contribution in [-0.4, -0.2) is 28.4 Å². The van der Waals surface area contributed by atoms with Crippen molar-refractivity contribution in [3.05, 3.63) is 24.3 Å². The molecule has 0 radical (unpaired) electrons. The Balaban J connectivity index is 2.68. The van der Waals surface area contributed by atoms with Gasteiger partial charge in [-0.1, -0.05) is 43.0 Å². The molecule has 0 saturated carbocycles. The molecule has 0 aromatic heterocycles. The molecule has 0 saturated heterocycles. The Morgan fingerprint density at radius 3 is 2.43 bits per heavy atom. The molecule has 114 valence electrons. The molecular weight excluding hydrogens is 326 g/mol. The average molecular weight is 343 g/mol. The molecule has 1 aromatic rings. The number of methoxy groups -OCH3 is 1. The van der Waals surface area contributed by atoms with Crippen molar-refractivity contribution in [3.8, 4) is 0 Å². The van der Waals surface area contributed by atoms with Gasteiger partial charge >= 0.3 is 6.09 Å². The van der Waals surface area contributed by atoms with Gasteiger partial charge in [0.25, 0.3) is 0 Å². The Morgan fingerprint density at radius 1 is 1.24 bits per heavy atom. The van der Waals surface area contributed by atoms with Crippen LogP contribution in [0.4, 0.5) is 16.2 Å². The highest BCUT2D eigenvalue weighted by Gasteiger charge is 2.08. The van der Waals surface area contributed by atoms with E-state index >= 15 is 0 Å². The number of rotatable bonds is 4. The molecule has 5 nitrogen and oxygen atoms in total. The molecular formula is C13H17N3O2S3. The molecule has 0 aliphatic carbocycles.